The molecule has 1 aliphatic rings. The number of ether oxygens (including phenoxy) is 1. The normalized spacial score (nSPS) is 19.7. The first-order valence-electron chi connectivity index (χ1n) is 8.23. The van der Waals surface area contributed by atoms with Gasteiger partial charge >= 0.3 is 0 Å². The summed E-state index contributed by atoms with van der Waals surface area (Å²) in [5.74, 6) is -0.163. The van der Waals surface area contributed by atoms with Crippen LogP contribution < -0.4 is 10.1 Å². The Kier molecular flexibility index (Phi) is 5.24. The third-order valence-corrected chi connectivity index (χ3v) is 4.25. The van der Waals surface area contributed by atoms with Gasteiger partial charge in [0.1, 0.15) is 18.0 Å². The smallest absolute Gasteiger partial charge is 0.251 e. The second-order valence-corrected chi connectivity index (χ2v) is 6.07. The molecule has 1 fully saturated rings. The van der Waals surface area contributed by atoms with E-state index in [4.69, 9.17) is 10.00 Å². The number of hydrogen-bond acceptors (Lipinski definition) is 4. The third kappa shape index (κ3) is 4.54. The maximum atomic E-state index is 13.2. The van der Waals surface area contributed by atoms with Crippen molar-refractivity contribution in [3.63, 3.8) is 0 Å². The molecule has 0 atom stereocenters. The summed E-state index contributed by atoms with van der Waals surface area (Å²) in [6.45, 7) is 0. The van der Waals surface area contributed by atoms with Crippen LogP contribution in [-0.2, 0) is 0 Å². The van der Waals surface area contributed by atoms with Gasteiger partial charge in [0.15, 0.2) is 0 Å². The molecule has 2 aromatic rings. The van der Waals surface area contributed by atoms with Gasteiger partial charge in [-0.3, -0.25) is 4.79 Å². The minimum absolute atomic E-state index is 0.0442. The molecule has 0 unspecified atom stereocenters. The molecule has 0 spiro atoms. The molecule has 6 heteroatoms. The summed E-state index contributed by atoms with van der Waals surface area (Å²) in [5, 5.41) is 11.7. The number of hydrogen-bond donors (Lipinski definition) is 1. The molecule has 0 saturated heterocycles. The van der Waals surface area contributed by atoms with Crippen molar-refractivity contribution in [3.8, 4) is 11.9 Å². The molecule has 1 saturated carbocycles. The second kappa shape index (κ2) is 7.75. The van der Waals surface area contributed by atoms with Gasteiger partial charge in [-0.25, -0.2) is 9.37 Å². The van der Waals surface area contributed by atoms with Crippen LogP contribution in [0.1, 0.15) is 41.6 Å². The number of nitrogens with zero attached hydrogens (tertiary/aromatic N) is 2. The topological polar surface area (TPSA) is 75.0 Å². The van der Waals surface area contributed by atoms with Crippen molar-refractivity contribution in [2.45, 2.75) is 37.8 Å². The van der Waals surface area contributed by atoms with Gasteiger partial charge < -0.3 is 10.1 Å². The van der Waals surface area contributed by atoms with E-state index in [9.17, 15) is 9.18 Å². The van der Waals surface area contributed by atoms with Gasteiger partial charge in [0.25, 0.3) is 5.91 Å². The Morgan fingerprint density at radius 2 is 2.04 bits per heavy atom. The molecule has 1 aromatic carbocycles. The summed E-state index contributed by atoms with van der Waals surface area (Å²) in [5.41, 5.74) is 0.830. The van der Waals surface area contributed by atoms with Crippen molar-refractivity contribution in [1.82, 2.24) is 10.3 Å². The second-order valence-electron chi connectivity index (χ2n) is 6.07. The highest BCUT2D eigenvalue weighted by Gasteiger charge is 2.24. The van der Waals surface area contributed by atoms with Gasteiger partial charge in [-0.05, 0) is 49.9 Å². The Morgan fingerprint density at radius 1 is 1.24 bits per heavy atom. The first kappa shape index (κ1) is 16.9. The van der Waals surface area contributed by atoms with E-state index in [2.05, 4.69) is 10.3 Å². The number of carbonyl (C=O) groups is 1. The fourth-order valence-corrected chi connectivity index (χ4v) is 2.91. The van der Waals surface area contributed by atoms with Crippen molar-refractivity contribution < 1.29 is 13.9 Å². The van der Waals surface area contributed by atoms with Crippen molar-refractivity contribution >= 4 is 5.91 Å². The van der Waals surface area contributed by atoms with Crippen LogP contribution in [0.3, 0.4) is 0 Å². The molecular weight excluding hydrogens is 321 g/mol. The van der Waals surface area contributed by atoms with E-state index >= 15 is 0 Å². The minimum atomic E-state index is -0.417. The van der Waals surface area contributed by atoms with Crippen molar-refractivity contribution in [2.75, 3.05) is 0 Å². The fourth-order valence-electron chi connectivity index (χ4n) is 2.91. The van der Waals surface area contributed by atoms with Crippen molar-refractivity contribution in [1.29, 1.82) is 5.26 Å². The van der Waals surface area contributed by atoms with Crippen molar-refractivity contribution in [3.05, 3.63) is 59.5 Å². The predicted molar refractivity (Wildman–Crippen MR) is 89.5 cm³/mol. The van der Waals surface area contributed by atoms with Crippen LogP contribution in [0.2, 0.25) is 0 Å². The number of nitriles is 1. The molecule has 1 aliphatic carbocycles. The standard InChI is InChI=1S/C19H18FN3O2/c20-15-3-1-2-14(10-15)19(24)23-16-5-7-17(8-6-16)25-18-9-4-13(11-21)12-22-18/h1-4,9-10,12,16-17H,5-8H2,(H,23,24). The molecule has 1 heterocycles. The van der Waals surface area contributed by atoms with E-state index < -0.39 is 5.82 Å². The highest BCUT2D eigenvalue weighted by atomic mass is 19.1. The lowest BCUT2D eigenvalue weighted by Crippen LogP contribution is -2.39. The molecule has 25 heavy (non-hydrogen) atoms. The average molecular weight is 339 g/mol. The lowest BCUT2D eigenvalue weighted by molar-refractivity contribution is 0.0889. The van der Waals surface area contributed by atoms with Gasteiger partial charge in [-0.2, -0.15) is 5.26 Å². The number of amides is 1. The maximum Gasteiger partial charge on any atom is 0.251 e. The summed E-state index contributed by atoms with van der Waals surface area (Å²) < 4.78 is 19.0. The van der Waals surface area contributed by atoms with E-state index in [0.29, 0.717) is 17.0 Å². The molecule has 0 aliphatic heterocycles. The largest absolute Gasteiger partial charge is 0.474 e. The molecule has 1 aromatic heterocycles. The van der Waals surface area contributed by atoms with Crippen LogP contribution in [0.4, 0.5) is 4.39 Å². The van der Waals surface area contributed by atoms with Crippen LogP contribution in [0.5, 0.6) is 5.88 Å². The molecule has 3 rings (SSSR count). The number of nitrogens with one attached hydrogen (secondary N) is 1. The van der Waals surface area contributed by atoms with E-state index in [-0.39, 0.29) is 18.1 Å². The first-order chi connectivity index (χ1) is 12.1. The number of pyridine rings is 1. The maximum absolute atomic E-state index is 13.2. The Morgan fingerprint density at radius 3 is 2.68 bits per heavy atom. The molecule has 1 amide bonds. The van der Waals surface area contributed by atoms with Gasteiger partial charge in [-0.1, -0.05) is 6.07 Å². The number of rotatable bonds is 4. The Bertz CT molecular complexity index is 778. The van der Waals surface area contributed by atoms with Crippen molar-refractivity contribution in [2.24, 2.45) is 0 Å². The number of halogens is 1. The predicted octanol–water partition coefficient (Wildman–Crippen LogP) is 3.21. The summed E-state index contributed by atoms with van der Waals surface area (Å²) in [6.07, 6.45) is 4.72. The summed E-state index contributed by atoms with van der Waals surface area (Å²) in [4.78, 5) is 16.3. The molecule has 128 valence electrons. The lowest BCUT2D eigenvalue weighted by atomic mass is 9.92. The van der Waals surface area contributed by atoms with Crippen LogP contribution >= 0.6 is 0 Å². The van der Waals surface area contributed by atoms with Gasteiger partial charge in [0.05, 0.1) is 5.56 Å². The van der Waals surface area contributed by atoms with Gasteiger partial charge in [0, 0.05) is 23.9 Å². The molecular formula is C19H18FN3O2. The fraction of sp³-hybridized carbons (Fsp3) is 0.316. The highest BCUT2D eigenvalue weighted by Crippen LogP contribution is 2.23. The molecule has 0 bridgehead atoms. The number of carbonyl (C=O) groups excluding carboxylic acids is 1. The van der Waals surface area contributed by atoms with Gasteiger partial charge in [-0.15, -0.1) is 0 Å². The zero-order chi connectivity index (χ0) is 17.6. The quantitative estimate of drug-likeness (QED) is 0.928. The molecule has 0 radical (unpaired) electrons. The monoisotopic (exact) mass is 339 g/mol. The summed E-state index contributed by atoms with van der Waals surface area (Å²) in [7, 11) is 0. The third-order valence-electron chi connectivity index (χ3n) is 4.25. The van der Waals surface area contributed by atoms with Crippen LogP contribution in [0.15, 0.2) is 42.6 Å². The zero-order valence-corrected chi connectivity index (χ0v) is 13.6. The van der Waals surface area contributed by atoms with Crippen LogP contribution in [-0.4, -0.2) is 23.0 Å². The van der Waals surface area contributed by atoms with Crippen LogP contribution in [0, 0.1) is 17.1 Å². The Labute approximate surface area is 145 Å². The zero-order valence-electron chi connectivity index (χ0n) is 13.6. The lowest BCUT2D eigenvalue weighted by Gasteiger charge is -2.29. The van der Waals surface area contributed by atoms with E-state index in [1.54, 1.807) is 18.2 Å². The van der Waals surface area contributed by atoms with E-state index in [1.165, 1.54) is 24.4 Å². The average Bonchev–Trinajstić information content (AvgIpc) is 2.64. The number of benzene rings is 1. The highest BCUT2D eigenvalue weighted by molar-refractivity contribution is 5.94. The van der Waals surface area contributed by atoms with Gasteiger partial charge in [0.2, 0.25) is 5.88 Å². The minimum Gasteiger partial charge on any atom is -0.474 e. The van der Waals surface area contributed by atoms with E-state index in [1.807, 2.05) is 6.07 Å². The first-order valence-corrected chi connectivity index (χ1v) is 8.23. The molecule has 1 N–H and O–H groups in total. The van der Waals surface area contributed by atoms with Crippen LogP contribution in [0.25, 0.3) is 0 Å². The SMILES string of the molecule is N#Cc1ccc(OC2CCC(NC(=O)c3cccc(F)c3)CC2)nc1. The number of aromatic nitrogens is 1. The Balaban J connectivity index is 1.48. The summed E-state index contributed by atoms with van der Waals surface area (Å²) >= 11 is 0. The molecule has 5 nitrogen and oxygen atoms in total. The van der Waals surface area contributed by atoms with E-state index in [0.717, 1.165) is 25.7 Å². The Hall–Kier alpha value is -2.94. The summed E-state index contributed by atoms with van der Waals surface area (Å²) in [6, 6.07) is 11.1.